The van der Waals surface area contributed by atoms with E-state index in [1.807, 2.05) is 54.6 Å². The first-order chi connectivity index (χ1) is 11.1. The maximum atomic E-state index is 11.0. The highest BCUT2D eigenvalue weighted by molar-refractivity contribution is 6.32. The minimum absolute atomic E-state index is 0.361. The van der Waals surface area contributed by atoms with Crippen LogP contribution < -0.4 is 4.74 Å². The first-order valence-corrected chi connectivity index (χ1v) is 7.51. The number of aromatic nitrogens is 1. The molecule has 1 heterocycles. The first-order valence-electron chi connectivity index (χ1n) is 7.14. The summed E-state index contributed by atoms with van der Waals surface area (Å²) >= 11 is 6.11. The predicted molar refractivity (Wildman–Crippen MR) is 93.4 cm³/mol. The van der Waals surface area contributed by atoms with Crippen LogP contribution in [0.4, 0.5) is 0 Å². The molecule has 114 valence electrons. The fourth-order valence-corrected chi connectivity index (χ4v) is 2.44. The molecule has 3 rings (SSSR count). The van der Waals surface area contributed by atoms with Crippen molar-refractivity contribution in [1.82, 2.24) is 4.98 Å². The summed E-state index contributed by atoms with van der Waals surface area (Å²) in [6.07, 6.45) is 3.84. The van der Waals surface area contributed by atoms with E-state index in [-0.39, 0.29) is 0 Å². The largest absolute Gasteiger partial charge is 0.425 e. The molecule has 4 heteroatoms. The summed E-state index contributed by atoms with van der Waals surface area (Å²) in [6.45, 7) is 1.34. The van der Waals surface area contributed by atoms with Crippen LogP contribution in [-0.4, -0.2) is 11.0 Å². The zero-order valence-corrected chi connectivity index (χ0v) is 13.2. The molecule has 0 N–H and O–H groups in total. The van der Waals surface area contributed by atoms with Crippen molar-refractivity contribution in [3.05, 3.63) is 70.9 Å². The third kappa shape index (κ3) is 3.76. The number of fused-ring (bicyclic) bond motifs is 1. The monoisotopic (exact) mass is 323 g/mol. The van der Waals surface area contributed by atoms with Gasteiger partial charge >= 0.3 is 5.97 Å². The zero-order chi connectivity index (χ0) is 16.2. The average molecular weight is 324 g/mol. The van der Waals surface area contributed by atoms with Gasteiger partial charge in [0.1, 0.15) is 5.75 Å². The van der Waals surface area contributed by atoms with Crippen LogP contribution in [-0.2, 0) is 4.79 Å². The van der Waals surface area contributed by atoms with E-state index in [0.29, 0.717) is 10.8 Å². The number of carbonyl (C=O) groups excluding carboxylic acids is 1. The molecule has 0 saturated carbocycles. The smallest absolute Gasteiger partial charge is 0.308 e. The minimum Gasteiger partial charge on any atom is -0.425 e. The van der Waals surface area contributed by atoms with E-state index >= 15 is 0 Å². The number of rotatable bonds is 3. The fraction of sp³-hybridized carbons (Fsp3) is 0.0526. The van der Waals surface area contributed by atoms with Gasteiger partial charge in [-0.1, -0.05) is 48.0 Å². The molecule has 3 aromatic rings. The summed E-state index contributed by atoms with van der Waals surface area (Å²) in [5.74, 6) is -0.0318. The van der Waals surface area contributed by atoms with Gasteiger partial charge < -0.3 is 4.74 Å². The van der Waals surface area contributed by atoms with Gasteiger partial charge in [-0.3, -0.25) is 4.79 Å². The molecule has 3 nitrogen and oxygen atoms in total. The van der Waals surface area contributed by atoms with Crippen LogP contribution in [0.15, 0.2) is 54.6 Å². The Morgan fingerprint density at radius 3 is 2.70 bits per heavy atom. The Labute approximate surface area is 139 Å². The van der Waals surface area contributed by atoms with E-state index in [4.69, 9.17) is 16.3 Å². The average Bonchev–Trinajstić information content (AvgIpc) is 2.54. The predicted octanol–water partition coefficient (Wildman–Crippen LogP) is 4.98. The number of carbonyl (C=O) groups is 1. The molecule has 0 aliphatic heterocycles. The van der Waals surface area contributed by atoms with E-state index in [9.17, 15) is 4.79 Å². The summed E-state index contributed by atoms with van der Waals surface area (Å²) in [7, 11) is 0. The molecule has 23 heavy (non-hydrogen) atoms. The number of para-hydroxylation sites is 1. The van der Waals surface area contributed by atoms with Crippen LogP contribution in [0.5, 0.6) is 5.75 Å². The Balaban J connectivity index is 1.83. The lowest BCUT2D eigenvalue weighted by Gasteiger charge is -2.04. The van der Waals surface area contributed by atoms with E-state index < -0.39 is 5.97 Å². The third-order valence-corrected chi connectivity index (χ3v) is 3.57. The molecule has 0 fully saturated rings. The van der Waals surface area contributed by atoms with Crippen LogP contribution in [0.3, 0.4) is 0 Å². The standard InChI is InChI=1S/C19H14ClNO2/c1-13(22)23-19-11-7-14(12-17(19)20)6-9-16-10-8-15-4-2-3-5-18(15)21-16/h2-12H,1H3/b9-6+. The van der Waals surface area contributed by atoms with Gasteiger partial charge in [0.25, 0.3) is 0 Å². The van der Waals surface area contributed by atoms with Crippen molar-refractivity contribution in [2.75, 3.05) is 0 Å². The van der Waals surface area contributed by atoms with Crippen molar-refractivity contribution in [3.8, 4) is 5.75 Å². The highest BCUT2D eigenvalue weighted by Crippen LogP contribution is 2.26. The van der Waals surface area contributed by atoms with Crippen LogP contribution in [0.1, 0.15) is 18.2 Å². The number of halogens is 1. The molecular formula is C19H14ClNO2. The highest BCUT2D eigenvalue weighted by Gasteiger charge is 2.04. The lowest BCUT2D eigenvalue weighted by atomic mass is 10.1. The molecule has 0 bridgehead atoms. The number of pyridine rings is 1. The van der Waals surface area contributed by atoms with E-state index in [2.05, 4.69) is 4.98 Å². The van der Waals surface area contributed by atoms with E-state index in [1.165, 1.54) is 6.92 Å². The number of hydrogen-bond donors (Lipinski definition) is 0. The number of benzene rings is 2. The number of nitrogens with zero attached hydrogens (tertiary/aromatic N) is 1. The topological polar surface area (TPSA) is 39.2 Å². The van der Waals surface area contributed by atoms with Crippen LogP contribution >= 0.6 is 11.6 Å². The quantitative estimate of drug-likeness (QED) is 0.504. The maximum Gasteiger partial charge on any atom is 0.308 e. The summed E-state index contributed by atoms with van der Waals surface area (Å²) in [5.41, 5.74) is 2.72. The second-order valence-corrected chi connectivity index (χ2v) is 5.45. The lowest BCUT2D eigenvalue weighted by molar-refractivity contribution is -0.131. The molecule has 0 spiro atoms. The zero-order valence-electron chi connectivity index (χ0n) is 12.5. The second kappa shape index (κ2) is 6.63. The Morgan fingerprint density at radius 1 is 1.09 bits per heavy atom. The molecule has 0 radical (unpaired) electrons. The van der Waals surface area contributed by atoms with Crippen molar-refractivity contribution < 1.29 is 9.53 Å². The molecule has 0 aliphatic carbocycles. The van der Waals surface area contributed by atoms with Crippen LogP contribution in [0.25, 0.3) is 23.1 Å². The van der Waals surface area contributed by atoms with Gasteiger partial charge in [0.15, 0.2) is 0 Å². The number of esters is 1. The Hall–Kier alpha value is -2.65. The molecule has 1 aromatic heterocycles. The van der Waals surface area contributed by atoms with Crippen molar-refractivity contribution in [3.63, 3.8) is 0 Å². The third-order valence-electron chi connectivity index (χ3n) is 3.28. The molecule has 0 unspecified atom stereocenters. The number of ether oxygens (including phenoxy) is 1. The molecule has 0 atom stereocenters. The Kier molecular flexibility index (Phi) is 4.40. The summed E-state index contributed by atoms with van der Waals surface area (Å²) < 4.78 is 5.00. The van der Waals surface area contributed by atoms with Gasteiger partial charge in [-0.2, -0.15) is 0 Å². The molecule has 0 amide bonds. The van der Waals surface area contributed by atoms with Crippen molar-refractivity contribution in [2.24, 2.45) is 0 Å². The summed E-state index contributed by atoms with van der Waals surface area (Å²) in [4.78, 5) is 15.5. The number of hydrogen-bond acceptors (Lipinski definition) is 3. The highest BCUT2D eigenvalue weighted by atomic mass is 35.5. The van der Waals surface area contributed by atoms with Crippen LogP contribution in [0, 0.1) is 0 Å². The Bertz CT molecular complexity index is 903. The van der Waals surface area contributed by atoms with Gasteiger partial charge in [-0.15, -0.1) is 0 Å². The molecule has 0 aliphatic rings. The second-order valence-electron chi connectivity index (χ2n) is 5.05. The minimum atomic E-state index is -0.393. The van der Waals surface area contributed by atoms with E-state index in [1.54, 1.807) is 12.1 Å². The van der Waals surface area contributed by atoms with Gasteiger partial charge in [-0.05, 0) is 35.9 Å². The SMILES string of the molecule is CC(=O)Oc1ccc(/C=C/c2ccc3ccccc3n2)cc1Cl. The molecule has 2 aromatic carbocycles. The van der Waals surface area contributed by atoms with Gasteiger partial charge in [-0.25, -0.2) is 4.98 Å². The Morgan fingerprint density at radius 2 is 1.91 bits per heavy atom. The fourth-order valence-electron chi connectivity index (χ4n) is 2.21. The lowest BCUT2D eigenvalue weighted by Crippen LogP contribution is -2.01. The van der Waals surface area contributed by atoms with Gasteiger partial charge in [0.2, 0.25) is 0 Å². The van der Waals surface area contributed by atoms with Gasteiger partial charge in [0, 0.05) is 12.3 Å². The first kappa shape index (κ1) is 15.3. The van der Waals surface area contributed by atoms with E-state index in [0.717, 1.165) is 22.2 Å². The summed E-state index contributed by atoms with van der Waals surface area (Å²) in [6, 6.07) is 17.2. The van der Waals surface area contributed by atoms with Crippen molar-refractivity contribution >= 4 is 40.6 Å². The van der Waals surface area contributed by atoms with Crippen LogP contribution in [0.2, 0.25) is 5.02 Å². The van der Waals surface area contributed by atoms with Crippen molar-refractivity contribution in [2.45, 2.75) is 6.92 Å². The van der Waals surface area contributed by atoms with Gasteiger partial charge in [0.05, 0.1) is 16.2 Å². The van der Waals surface area contributed by atoms with Crippen molar-refractivity contribution in [1.29, 1.82) is 0 Å². The molecule has 0 saturated heterocycles. The maximum absolute atomic E-state index is 11.0. The molecular weight excluding hydrogens is 310 g/mol. The summed E-state index contributed by atoms with van der Waals surface area (Å²) in [5, 5.41) is 1.51. The normalized spacial score (nSPS) is 11.0.